The first kappa shape index (κ1) is 13.2. The van der Waals surface area contributed by atoms with Crippen LogP contribution in [0.15, 0.2) is 0 Å². The molecule has 1 saturated carbocycles. The number of amides is 1. The predicted octanol–water partition coefficient (Wildman–Crippen LogP) is 1.85. The summed E-state index contributed by atoms with van der Waals surface area (Å²) < 4.78 is 0. The van der Waals surface area contributed by atoms with Crippen LogP contribution in [0.1, 0.15) is 44.9 Å². The highest BCUT2D eigenvalue weighted by atomic mass is 32.1. The molecule has 2 fully saturated rings. The fraction of sp³-hybridized carbons (Fsp3) is 0.923. The van der Waals surface area contributed by atoms with Crippen LogP contribution in [0.2, 0.25) is 0 Å². The fourth-order valence-electron chi connectivity index (χ4n) is 2.77. The van der Waals surface area contributed by atoms with Gasteiger partial charge in [-0.25, -0.2) is 0 Å². The Kier molecular flexibility index (Phi) is 4.36. The first-order valence-electron chi connectivity index (χ1n) is 6.72. The predicted molar refractivity (Wildman–Crippen MR) is 71.2 cm³/mol. The van der Waals surface area contributed by atoms with Gasteiger partial charge >= 0.3 is 0 Å². The third-order valence-corrected chi connectivity index (χ3v) is 4.90. The van der Waals surface area contributed by atoms with Crippen LogP contribution in [0.25, 0.3) is 0 Å². The highest BCUT2D eigenvalue weighted by Gasteiger charge is 2.44. The second-order valence-corrected chi connectivity index (χ2v) is 5.90. The van der Waals surface area contributed by atoms with Crippen LogP contribution in [-0.4, -0.2) is 40.9 Å². The van der Waals surface area contributed by atoms with Crippen molar-refractivity contribution < 1.29 is 9.90 Å². The molecule has 1 aliphatic carbocycles. The van der Waals surface area contributed by atoms with Gasteiger partial charge in [0.25, 0.3) is 0 Å². The molecule has 98 valence electrons. The molecule has 0 aromatic rings. The minimum absolute atomic E-state index is 0.187. The Morgan fingerprint density at radius 1 is 1.41 bits per heavy atom. The number of piperidine rings is 1. The summed E-state index contributed by atoms with van der Waals surface area (Å²) >= 11 is 4.36. The van der Waals surface area contributed by atoms with E-state index in [1.54, 1.807) is 0 Å². The van der Waals surface area contributed by atoms with Crippen LogP contribution in [-0.2, 0) is 4.79 Å². The smallest absolute Gasteiger partial charge is 0.223 e. The van der Waals surface area contributed by atoms with Crippen LogP contribution >= 0.6 is 12.6 Å². The molecule has 2 aliphatic rings. The Morgan fingerprint density at radius 3 is 2.76 bits per heavy atom. The average molecular weight is 257 g/mol. The maximum absolute atomic E-state index is 12.3. The zero-order chi connectivity index (χ0) is 12.3. The zero-order valence-electron chi connectivity index (χ0n) is 10.4. The lowest BCUT2D eigenvalue weighted by Crippen LogP contribution is -2.45. The van der Waals surface area contributed by atoms with Gasteiger partial charge in [-0.3, -0.25) is 4.79 Å². The number of hydrogen-bond donors (Lipinski definition) is 2. The van der Waals surface area contributed by atoms with Crippen LogP contribution < -0.4 is 0 Å². The molecule has 0 spiro atoms. The highest BCUT2D eigenvalue weighted by molar-refractivity contribution is 7.80. The Bertz CT molecular complexity index is 277. The molecule has 2 rings (SSSR count). The number of thiol groups is 1. The molecule has 0 radical (unpaired) electrons. The SMILES string of the molecule is O=C(CC1(CS)CC1)N1CCCCC1CCO. The molecule has 1 aliphatic heterocycles. The Hall–Kier alpha value is -0.220. The molecule has 1 saturated heterocycles. The van der Waals surface area contributed by atoms with Crippen molar-refractivity contribution in [1.82, 2.24) is 4.90 Å². The Balaban J connectivity index is 1.91. The maximum Gasteiger partial charge on any atom is 0.223 e. The van der Waals surface area contributed by atoms with Gasteiger partial charge in [0, 0.05) is 25.6 Å². The van der Waals surface area contributed by atoms with Gasteiger partial charge in [0.1, 0.15) is 0 Å². The molecular weight excluding hydrogens is 234 g/mol. The van der Waals surface area contributed by atoms with E-state index >= 15 is 0 Å². The monoisotopic (exact) mass is 257 g/mol. The van der Waals surface area contributed by atoms with Crippen LogP contribution in [0.3, 0.4) is 0 Å². The Labute approximate surface area is 109 Å². The highest BCUT2D eigenvalue weighted by Crippen LogP contribution is 2.50. The molecule has 4 heteroatoms. The van der Waals surface area contributed by atoms with Crippen molar-refractivity contribution >= 4 is 18.5 Å². The van der Waals surface area contributed by atoms with Crippen molar-refractivity contribution in [1.29, 1.82) is 0 Å². The van der Waals surface area contributed by atoms with E-state index < -0.39 is 0 Å². The molecule has 17 heavy (non-hydrogen) atoms. The number of carbonyl (C=O) groups excluding carboxylic acids is 1. The van der Waals surface area contributed by atoms with Gasteiger partial charge < -0.3 is 10.0 Å². The molecule has 1 amide bonds. The van der Waals surface area contributed by atoms with Crippen LogP contribution in [0.5, 0.6) is 0 Å². The van der Waals surface area contributed by atoms with Crippen molar-refractivity contribution in [2.24, 2.45) is 5.41 Å². The number of aliphatic hydroxyl groups excluding tert-OH is 1. The van der Waals surface area contributed by atoms with E-state index in [1.165, 1.54) is 6.42 Å². The van der Waals surface area contributed by atoms with Crippen molar-refractivity contribution in [2.75, 3.05) is 18.9 Å². The summed E-state index contributed by atoms with van der Waals surface area (Å²) in [5.74, 6) is 1.12. The van der Waals surface area contributed by atoms with Crippen LogP contribution in [0, 0.1) is 5.41 Å². The molecule has 3 nitrogen and oxygen atoms in total. The minimum Gasteiger partial charge on any atom is -0.396 e. The first-order valence-corrected chi connectivity index (χ1v) is 7.35. The average Bonchev–Trinajstić information content (AvgIpc) is 3.10. The quantitative estimate of drug-likeness (QED) is 0.738. The molecule has 0 aromatic carbocycles. The van der Waals surface area contributed by atoms with Gasteiger partial charge in [-0.15, -0.1) is 0 Å². The number of likely N-dealkylation sites (tertiary alicyclic amines) is 1. The van der Waals surface area contributed by atoms with Crippen molar-refractivity contribution in [3.05, 3.63) is 0 Å². The number of nitrogens with zero attached hydrogens (tertiary/aromatic N) is 1. The standard InChI is InChI=1S/C13H23NO2S/c15-8-4-11-3-1-2-7-14(11)12(16)9-13(10-17)5-6-13/h11,15,17H,1-10H2. The van der Waals surface area contributed by atoms with Gasteiger partial charge in [0.05, 0.1) is 0 Å². The van der Waals surface area contributed by atoms with Crippen molar-refractivity contribution in [3.63, 3.8) is 0 Å². The van der Waals surface area contributed by atoms with Gasteiger partial charge in [-0.05, 0) is 49.7 Å². The number of aliphatic hydroxyl groups is 1. The molecule has 0 bridgehead atoms. The molecule has 1 atom stereocenters. The van der Waals surface area contributed by atoms with E-state index in [0.29, 0.717) is 6.42 Å². The Morgan fingerprint density at radius 2 is 2.18 bits per heavy atom. The van der Waals surface area contributed by atoms with E-state index in [0.717, 1.165) is 44.4 Å². The lowest BCUT2D eigenvalue weighted by molar-refractivity contribution is -0.136. The zero-order valence-corrected chi connectivity index (χ0v) is 11.3. The molecular formula is C13H23NO2S. The molecule has 1 heterocycles. The van der Waals surface area contributed by atoms with Gasteiger partial charge in [0.2, 0.25) is 5.91 Å². The summed E-state index contributed by atoms with van der Waals surface area (Å²) in [5, 5.41) is 9.06. The second kappa shape index (κ2) is 5.61. The maximum atomic E-state index is 12.3. The van der Waals surface area contributed by atoms with Crippen molar-refractivity contribution in [2.45, 2.75) is 51.0 Å². The molecule has 1 N–H and O–H groups in total. The van der Waals surface area contributed by atoms with Crippen LogP contribution in [0.4, 0.5) is 0 Å². The van der Waals surface area contributed by atoms with E-state index in [2.05, 4.69) is 12.6 Å². The normalized spacial score (nSPS) is 26.9. The lowest BCUT2D eigenvalue weighted by Gasteiger charge is -2.36. The van der Waals surface area contributed by atoms with E-state index in [4.69, 9.17) is 5.11 Å². The summed E-state index contributed by atoms with van der Waals surface area (Å²) in [7, 11) is 0. The van der Waals surface area contributed by atoms with Crippen molar-refractivity contribution in [3.8, 4) is 0 Å². The summed E-state index contributed by atoms with van der Waals surface area (Å²) in [4.78, 5) is 14.3. The minimum atomic E-state index is 0.187. The van der Waals surface area contributed by atoms with Gasteiger partial charge in [-0.1, -0.05) is 0 Å². The summed E-state index contributed by atoms with van der Waals surface area (Å²) in [6, 6.07) is 0.275. The van der Waals surface area contributed by atoms with Gasteiger partial charge in [0.15, 0.2) is 0 Å². The largest absolute Gasteiger partial charge is 0.396 e. The molecule has 0 aromatic heterocycles. The summed E-state index contributed by atoms with van der Waals surface area (Å²) in [6.45, 7) is 1.07. The fourth-order valence-corrected chi connectivity index (χ4v) is 3.20. The number of hydrogen-bond acceptors (Lipinski definition) is 3. The number of carbonyl (C=O) groups is 1. The molecule has 1 unspecified atom stereocenters. The van der Waals surface area contributed by atoms with E-state index in [1.807, 2.05) is 4.90 Å². The first-order chi connectivity index (χ1) is 8.21. The van der Waals surface area contributed by atoms with Gasteiger partial charge in [-0.2, -0.15) is 12.6 Å². The lowest BCUT2D eigenvalue weighted by atomic mass is 9.97. The third-order valence-electron chi connectivity index (χ3n) is 4.23. The second-order valence-electron chi connectivity index (χ2n) is 5.58. The topological polar surface area (TPSA) is 40.5 Å². The third kappa shape index (κ3) is 3.16. The summed E-state index contributed by atoms with van der Waals surface area (Å²) in [5.41, 5.74) is 0.210. The van der Waals surface area contributed by atoms with E-state index in [-0.39, 0.29) is 24.0 Å². The number of rotatable bonds is 5. The summed E-state index contributed by atoms with van der Waals surface area (Å²) in [6.07, 6.45) is 7.06. The van der Waals surface area contributed by atoms with E-state index in [9.17, 15) is 4.79 Å².